The van der Waals surface area contributed by atoms with Gasteiger partial charge in [-0.15, -0.1) is 10.2 Å². The lowest BCUT2D eigenvalue weighted by Crippen LogP contribution is -2.40. The lowest BCUT2D eigenvalue weighted by atomic mass is 10.2. The first-order chi connectivity index (χ1) is 11.7. The number of carbonyl (C=O) groups excluding carboxylic acids is 1. The number of ether oxygens (including phenoxy) is 1. The van der Waals surface area contributed by atoms with Crippen LogP contribution in [0.2, 0.25) is 5.02 Å². The van der Waals surface area contributed by atoms with E-state index in [9.17, 15) is 4.79 Å². The second-order valence-corrected chi connectivity index (χ2v) is 5.90. The van der Waals surface area contributed by atoms with Crippen LogP contribution in [0, 0.1) is 0 Å². The smallest absolute Gasteiger partial charge is 0.255 e. The van der Waals surface area contributed by atoms with Crippen molar-refractivity contribution in [1.82, 2.24) is 24.5 Å². The van der Waals surface area contributed by atoms with Crippen molar-refractivity contribution in [2.24, 2.45) is 0 Å². The maximum Gasteiger partial charge on any atom is 0.255 e. The quantitative estimate of drug-likeness (QED) is 0.710. The van der Waals surface area contributed by atoms with E-state index in [0.29, 0.717) is 48.4 Å². The predicted octanol–water partition coefficient (Wildman–Crippen LogP) is 1.92. The Bertz CT molecular complexity index is 904. The molecule has 0 aromatic carbocycles. The molecule has 8 heteroatoms. The van der Waals surface area contributed by atoms with Crippen molar-refractivity contribution in [1.29, 1.82) is 0 Å². The summed E-state index contributed by atoms with van der Waals surface area (Å²) >= 11 is 6.00. The molecular formula is C16H14ClN5O2. The van der Waals surface area contributed by atoms with Gasteiger partial charge in [-0.1, -0.05) is 11.6 Å². The number of amides is 1. The number of halogens is 1. The lowest BCUT2D eigenvalue weighted by molar-refractivity contribution is 0.0302. The number of carbonyl (C=O) groups is 1. The summed E-state index contributed by atoms with van der Waals surface area (Å²) in [6.07, 6.45) is 4.98. The molecule has 3 aromatic rings. The molecule has 0 N–H and O–H groups in total. The van der Waals surface area contributed by atoms with Crippen LogP contribution in [0.15, 0.2) is 36.8 Å². The molecule has 4 heterocycles. The second-order valence-electron chi connectivity index (χ2n) is 5.47. The summed E-state index contributed by atoms with van der Waals surface area (Å²) < 4.78 is 7.07. The molecule has 0 atom stereocenters. The van der Waals surface area contributed by atoms with E-state index in [0.717, 1.165) is 5.56 Å². The first-order valence-electron chi connectivity index (χ1n) is 7.55. The highest BCUT2D eigenvalue weighted by Crippen LogP contribution is 2.21. The van der Waals surface area contributed by atoms with Gasteiger partial charge in [0, 0.05) is 37.2 Å². The van der Waals surface area contributed by atoms with Gasteiger partial charge in [-0.25, -0.2) is 0 Å². The average molecular weight is 344 g/mol. The Labute approximate surface area is 142 Å². The van der Waals surface area contributed by atoms with Gasteiger partial charge in [-0.2, -0.15) is 0 Å². The number of hydrogen-bond donors (Lipinski definition) is 0. The summed E-state index contributed by atoms with van der Waals surface area (Å²) in [7, 11) is 0. The fourth-order valence-electron chi connectivity index (χ4n) is 2.70. The van der Waals surface area contributed by atoms with Crippen molar-refractivity contribution < 1.29 is 9.53 Å². The van der Waals surface area contributed by atoms with Crippen molar-refractivity contribution in [3.63, 3.8) is 0 Å². The minimum absolute atomic E-state index is 0.0240. The first-order valence-corrected chi connectivity index (χ1v) is 7.93. The zero-order chi connectivity index (χ0) is 16.5. The van der Waals surface area contributed by atoms with Gasteiger partial charge >= 0.3 is 0 Å². The van der Waals surface area contributed by atoms with E-state index < -0.39 is 0 Å². The third kappa shape index (κ3) is 2.72. The van der Waals surface area contributed by atoms with E-state index in [1.165, 1.54) is 0 Å². The zero-order valence-electron chi connectivity index (χ0n) is 12.7. The highest BCUT2D eigenvalue weighted by molar-refractivity contribution is 6.30. The summed E-state index contributed by atoms with van der Waals surface area (Å²) in [6.45, 7) is 2.34. The SMILES string of the molecule is O=C(c1ccc2nnc(-c3cncc(Cl)c3)n2c1)N1CCOCC1. The van der Waals surface area contributed by atoms with Crippen LogP contribution >= 0.6 is 11.6 Å². The maximum atomic E-state index is 12.6. The number of nitrogens with zero attached hydrogens (tertiary/aromatic N) is 5. The lowest BCUT2D eigenvalue weighted by Gasteiger charge is -2.26. The van der Waals surface area contributed by atoms with Crippen LogP contribution in [0.1, 0.15) is 10.4 Å². The van der Waals surface area contributed by atoms with Crippen LogP contribution in [0.4, 0.5) is 0 Å². The van der Waals surface area contributed by atoms with Crippen LogP contribution < -0.4 is 0 Å². The molecule has 0 aliphatic carbocycles. The molecule has 0 radical (unpaired) electrons. The Morgan fingerprint density at radius 3 is 2.79 bits per heavy atom. The molecule has 3 aromatic heterocycles. The zero-order valence-corrected chi connectivity index (χ0v) is 13.5. The van der Waals surface area contributed by atoms with Gasteiger partial charge in [-0.3, -0.25) is 14.2 Å². The first kappa shape index (κ1) is 15.0. The minimum Gasteiger partial charge on any atom is -0.378 e. The van der Waals surface area contributed by atoms with E-state index in [2.05, 4.69) is 15.2 Å². The largest absolute Gasteiger partial charge is 0.378 e. The van der Waals surface area contributed by atoms with Crippen LogP contribution in [0.25, 0.3) is 17.0 Å². The summed E-state index contributed by atoms with van der Waals surface area (Å²) in [5.74, 6) is 0.570. The van der Waals surface area contributed by atoms with Gasteiger partial charge in [0.2, 0.25) is 0 Å². The van der Waals surface area contributed by atoms with E-state index in [1.807, 2.05) is 0 Å². The number of fused-ring (bicyclic) bond motifs is 1. The van der Waals surface area contributed by atoms with Crippen LogP contribution in [-0.4, -0.2) is 56.7 Å². The Morgan fingerprint density at radius 1 is 1.17 bits per heavy atom. The van der Waals surface area contributed by atoms with Crippen LogP contribution in [0.3, 0.4) is 0 Å². The molecule has 1 saturated heterocycles. The van der Waals surface area contributed by atoms with Gasteiger partial charge in [0.05, 0.1) is 23.8 Å². The molecule has 1 aliphatic rings. The number of rotatable bonds is 2. The van der Waals surface area contributed by atoms with Crippen LogP contribution in [0.5, 0.6) is 0 Å². The molecular weight excluding hydrogens is 330 g/mol. The van der Waals surface area contributed by atoms with Gasteiger partial charge in [0.1, 0.15) is 0 Å². The summed E-state index contributed by atoms with van der Waals surface area (Å²) in [5.41, 5.74) is 1.98. The average Bonchev–Trinajstić information content (AvgIpc) is 3.05. The summed E-state index contributed by atoms with van der Waals surface area (Å²) in [5, 5.41) is 8.84. The fourth-order valence-corrected chi connectivity index (χ4v) is 2.87. The summed E-state index contributed by atoms with van der Waals surface area (Å²) in [4.78, 5) is 18.5. The van der Waals surface area contributed by atoms with E-state index in [-0.39, 0.29) is 5.91 Å². The predicted molar refractivity (Wildman–Crippen MR) is 88.0 cm³/mol. The standard InChI is InChI=1S/C16H14ClN5O2/c17-13-7-12(8-18-9-13)15-20-19-14-2-1-11(10-22(14)15)16(23)21-3-5-24-6-4-21/h1-2,7-10H,3-6H2. The molecule has 4 rings (SSSR count). The second kappa shape index (κ2) is 6.18. The number of pyridine rings is 2. The van der Waals surface area contributed by atoms with E-state index in [1.54, 1.807) is 46.1 Å². The highest BCUT2D eigenvalue weighted by Gasteiger charge is 2.20. The molecule has 0 saturated carbocycles. The molecule has 24 heavy (non-hydrogen) atoms. The van der Waals surface area contributed by atoms with E-state index in [4.69, 9.17) is 16.3 Å². The molecule has 1 aliphatic heterocycles. The Kier molecular flexibility index (Phi) is 3.87. The Balaban J connectivity index is 1.74. The molecule has 0 spiro atoms. The minimum atomic E-state index is -0.0240. The van der Waals surface area contributed by atoms with Gasteiger partial charge < -0.3 is 9.64 Å². The van der Waals surface area contributed by atoms with Gasteiger partial charge in [-0.05, 0) is 18.2 Å². The third-order valence-electron chi connectivity index (χ3n) is 3.91. The third-order valence-corrected chi connectivity index (χ3v) is 4.12. The maximum absolute atomic E-state index is 12.6. The fraction of sp³-hybridized carbons (Fsp3) is 0.250. The number of aromatic nitrogens is 4. The molecule has 7 nitrogen and oxygen atoms in total. The molecule has 0 unspecified atom stereocenters. The van der Waals surface area contributed by atoms with Crippen molar-refractivity contribution in [2.75, 3.05) is 26.3 Å². The van der Waals surface area contributed by atoms with E-state index >= 15 is 0 Å². The van der Waals surface area contributed by atoms with Gasteiger partial charge in [0.15, 0.2) is 11.5 Å². The molecule has 1 amide bonds. The van der Waals surface area contributed by atoms with Crippen molar-refractivity contribution in [3.8, 4) is 11.4 Å². The van der Waals surface area contributed by atoms with Crippen molar-refractivity contribution >= 4 is 23.2 Å². The summed E-state index contributed by atoms with van der Waals surface area (Å²) in [6, 6.07) is 5.31. The molecule has 122 valence electrons. The normalized spacial score (nSPS) is 15.0. The van der Waals surface area contributed by atoms with Crippen molar-refractivity contribution in [2.45, 2.75) is 0 Å². The Hall–Kier alpha value is -2.51. The molecule has 1 fully saturated rings. The van der Waals surface area contributed by atoms with Crippen molar-refractivity contribution in [3.05, 3.63) is 47.4 Å². The monoisotopic (exact) mass is 343 g/mol. The topological polar surface area (TPSA) is 72.6 Å². The molecule has 0 bridgehead atoms. The number of hydrogen-bond acceptors (Lipinski definition) is 5. The van der Waals surface area contributed by atoms with Crippen LogP contribution in [-0.2, 0) is 4.74 Å². The Morgan fingerprint density at radius 2 is 2.00 bits per heavy atom. The number of morpholine rings is 1. The highest BCUT2D eigenvalue weighted by atomic mass is 35.5. The van der Waals surface area contributed by atoms with Gasteiger partial charge in [0.25, 0.3) is 5.91 Å².